The molecule has 0 fully saturated rings. The van der Waals surface area contributed by atoms with Gasteiger partial charge in [0.2, 0.25) is 0 Å². The summed E-state index contributed by atoms with van der Waals surface area (Å²) in [6.45, 7) is 4.73. The fraction of sp³-hybridized carbons (Fsp3) is 0.250. The molecule has 0 saturated heterocycles. The molecule has 1 aromatic rings. The van der Waals surface area contributed by atoms with Crippen LogP contribution in [0.4, 0.5) is 0 Å². The molecule has 0 saturated carbocycles. The van der Waals surface area contributed by atoms with E-state index in [1.54, 1.807) is 0 Å². The molecule has 1 N–H and O–H groups in total. The van der Waals surface area contributed by atoms with Gasteiger partial charge in [0.1, 0.15) is 23.0 Å². The van der Waals surface area contributed by atoms with Gasteiger partial charge >= 0.3 is 17.9 Å². The molecule has 102 valence electrons. The molecule has 0 aromatic carbocycles. The van der Waals surface area contributed by atoms with E-state index in [2.05, 4.69) is 6.58 Å². The van der Waals surface area contributed by atoms with Crippen LogP contribution in [0, 0.1) is 0 Å². The SMILES string of the molecule is C=C(C)C(=O)OCCOC(=O)c1ccc(C(=O)O)s1. The Morgan fingerprint density at radius 1 is 1.21 bits per heavy atom. The Kier molecular flexibility index (Phi) is 5.25. The standard InChI is InChI=1S/C12H12O6S/c1-7(2)11(15)17-5-6-18-12(16)9-4-3-8(19-9)10(13)14/h3-4H,1,5-6H2,2H3,(H,13,14). The molecule has 0 unspecified atom stereocenters. The van der Waals surface area contributed by atoms with Gasteiger partial charge in [0, 0.05) is 5.57 Å². The zero-order valence-electron chi connectivity index (χ0n) is 10.2. The van der Waals surface area contributed by atoms with Crippen LogP contribution in [0.2, 0.25) is 0 Å². The zero-order chi connectivity index (χ0) is 14.4. The number of rotatable bonds is 6. The third kappa shape index (κ3) is 4.55. The number of hydrogen-bond acceptors (Lipinski definition) is 6. The summed E-state index contributed by atoms with van der Waals surface area (Å²) in [5.41, 5.74) is 0.260. The molecule has 1 heterocycles. The summed E-state index contributed by atoms with van der Waals surface area (Å²) in [6.07, 6.45) is 0. The lowest BCUT2D eigenvalue weighted by Crippen LogP contribution is -2.13. The molecule has 1 rings (SSSR count). The van der Waals surface area contributed by atoms with E-state index in [1.165, 1.54) is 19.1 Å². The molecule has 0 amide bonds. The van der Waals surface area contributed by atoms with Gasteiger partial charge in [-0.05, 0) is 19.1 Å². The Balaban J connectivity index is 2.37. The van der Waals surface area contributed by atoms with Crippen molar-refractivity contribution in [2.45, 2.75) is 6.92 Å². The van der Waals surface area contributed by atoms with Gasteiger partial charge in [0.25, 0.3) is 0 Å². The highest BCUT2D eigenvalue weighted by molar-refractivity contribution is 7.15. The Morgan fingerprint density at radius 3 is 2.32 bits per heavy atom. The van der Waals surface area contributed by atoms with Gasteiger partial charge in [-0.2, -0.15) is 0 Å². The molecular formula is C12H12O6S. The summed E-state index contributed by atoms with van der Waals surface area (Å²) in [6, 6.07) is 2.70. The van der Waals surface area contributed by atoms with Gasteiger partial charge in [-0.3, -0.25) is 0 Å². The second kappa shape index (κ2) is 6.69. The van der Waals surface area contributed by atoms with Gasteiger partial charge in [-0.25, -0.2) is 14.4 Å². The van der Waals surface area contributed by atoms with Gasteiger partial charge in [0.15, 0.2) is 0 Å². The highest BCUT2D eigenvalue weighted by Crippen LogP contribution is 2.17. The van der Waals surface area contributed by atoms with Crippen molar-refractivity contribution in [2.75, 3.05) is 13.2 Å². The summed E-state index contributed by atoms with van der Waals surface area (Å²) in [5.74, 6) is -2.30. The number of thiophene rings is 1. The minimum absolute atomic E-state index is 0.0562. The van der Waals surface area contributed by atoms with Crippen molar-refractivity contribution in [3.05, 3.63) is 34.0 Å². The van der Waals surface area contributed by atoms with E-state index in [-0.39, 0.29) is 28.5 Å². The van der Waals surface area contributed by atoms with E-state index in [9.17, 15) is 14.4 Å². The Labute approximate surface area is 113 Å². The maximum atomic E-state index is 11.5. The van der Waals surface area contributed by atoms with E-state index in [1.807, 2.05) is 0 Å². The summed E-state index contributed by atoms with van der Waals surface area (Å²) in [4.78, 5) is 33.4. The van der Waals surface area contributed by atoms with Gasteiger partial charge in [-0.1, -0.05) is 6.58 Å². The number of carbonyl (C=O) groups is 3. The maximum absolute atomic E-state index is 11.5. The first-order valence-electron chi connectivity index (χ1n) is 5.24. The third-order valence-electron chi connectivity index (χ3n) is 1.92. The molecule has 7 heteroatoms. The fourth-order valence-corrected chi connectivity index (χ4v) is 1.76. The molecule has 0 spiro atoms. The van der Waals surface area contributed by atoms with Gasteiger partial charge in [-0.15, -0.1) is 11.3 Å². The lowest BCUT2D eigenvalue weighted by atomic mass is 10.4. The average Bonchev–Trinajstić information content (AvgIpc) is 2.83. The molecule has 6 nitrogen and oxygen atoms in total. The molecule has 0 bridgehead atoms. The van der Waals surface area contributed by atoms with Crippen molar-refractivity contribution < 1.29 is 29.0 Å². The number of aromatic carboxylic acids is 1. The van der Waals surface area contributed by atoms with E-state index in [4.69, 9.17) is 14.6 Å². The van der Waals surface area contributed by atoms with Crippen LogP contribution in [-0.4, -0.2) is 36.2 Å². The van der Waals surface area contributed by atoms with Crippen LogP contribution in [0.5, 0.6) is 0 Å². The van der Waals surface area contributed by atoms with Crippen molar-refractivity contribution >= 4 is 29.2 Å². The fourth-order valence-electron chi connectivity index (χ4n) is 1.03. The summed E-state index contributed by atoms with van der Waals surface area (Å²) in [7, 11) is 0. The molecular weight excluding hydrogens is 272 g/mol. The monoisotopic (exact) mass is 284 g/mol. The number of hydrogen-bond donors (Lipinski definition) is 1. The van der Waals surface area contributed by atoms with Crippen molar-refractivity contribution in [3.8, 4) is 0 Å². The molecule has 0 radical (unpaired) electrons. The second-order valence-corrected chi connectivity index (χ2v) is 4.60. The Morgan fingerprint density at radius 2 is 1.79 bits per heavy atom. The zero-order valence-corrected chi connectivity index (χ0v) is 11.0. The highest BCUT2D eigenvalue weighted by atomic mass is 32.1. The normalized spacial score (nSPS) is 9.74. The number of carboxylic acid groups (broad SMARTS) is 1. The van der Waals surface area contributed by atoms with Crippen LogP contribution in [-0.2, 0) is 14.3 Å². The van der Waals surface area contributed by atoms with Crippen molar-refractivity contribution in [1.82, 2.24) is 0 Å². The van der Waals surface area contributed by atoms with Crippen LogP contribution in [0.1, 0.15) is 26.3 Å². The quantitative estimate of drug-likeness (QED) is 0.486. The molecule has 0 aliphatic heterocycles. The van der Waals surface area contributed by atoms with Gasteiger partial charge in [0.05, 0.1) is 0 Å². The van der Waals surface area contributed by atoms with Crippen LogP contribution >= 0.6 is 11.3 Å². The molecule has 19 heavy (non-hydrogen) atoms. The number of esters is 2. The highest BCUT2D eigenvalue weighted by Gasteiger charge is 2.14. The smallest absolute Gasteiger partial charge is 0.348 e. The Bertz CT molecular complexity index is 516. The van der Waals surface area contributed by atoms with Crippen LogP contribution in [0.15, 0.2) is 24.3 Å². The largest absolute Gasteiger partial charge is 0.477 e. The molecule has 0 aliphatic carbocycles. The summed E-state index contributed by atoms with van der Waals surface area (Å²) < 4.78 is 9.55. The minimum atomic E-state index is -1.10. The number of carboxylic acids is 1. The van der Waals surface area contributed by atoms with Crippen molar-refractivity contribution in [1.29, 1.82) is 0 Å². The van der Waals surface area contributed by atoms with Crippen LogP contribution in [0.3, 0.4) is 0 Å². The molecule has 1 aromatic heterocycles. The first-order chi connectivity index (χ1) is 8.91. The minimum Gasteiger partial charge on any atom is -0.477 e. The van der Waals surface area contributed by atoms with Crippen molar-refractivity contribution in [2.24, 2.45) is 0 Å². The first-order valence-corrected chi connectivity index (χ1v) is 6.06. The van der Waals surface area contributed by atoms with E-state index >= 15 is 0 Å². The van der Waals surface area contributed by atoms with Crippen LogP contribution in [0.25, 0.3) is 0 Å². The van der Waals surface area contributed by atoms with E-state index in [0.29, 0.717) is 0 Å². The predicted molar refractivity (Wildman–Crippen MR) is 67.3 cm³/mol. The summed E-state index contributed by atoms with van der Waals surface area (Å²) in [5, 5.41) is 8.70. The molecule has 0 aliphatic rings. The lowest BCUT2D eigenvalue weighted by Gasteiger charge is -2.04. The average molecular weight is 284 g/mol. The second-order valence-electron chi connectivity index (χ2n) is 3.52. The van der Waals surface area contributed by atoms with Crippen molar-refractivity contribution in [3.63, 3.8) is 0 Å². The van der Waals surface area contributed by atoms with Crippen LogP contribution < -0.4 is 0 Å². The molecule has 0 atom stereocenters. The maximum Gasteiger partial charge on any atom is 0.348 e. The van der Waals surface area contributed by atoms with E-state index in [0.717, 1.165) is 11.3 Å². The summed E-state index contributed by atoms with van der Waals surface area (Å²) >= 11 is 0.822. The van der Waals surface area contributed by atoms with Gasteiger partial charge < -0.3 is 14.6 Å². The lowest BCUT2D eigenvalue weighted by molar-refractivity contribution is -0.140. The Hall–Kier alpha value is -2.15. The predicted octanol–water partition coefficient (Wildman–Crippen LogP) is 1.72. The number of carbonyl (C=O) groups excluding carboxylic acids is 2. The topological polar surface area (TPSA) is 89.9 Å². The number of ether oxygens (including phenoxy) is 2. The first kappa shape index (κ1) is 14.9. The van der Waals surface area contributed by atoms with E-state index < -0.39 is 17.9 Å². The third-order valence-corrected chi connectivity index (χ3v) is 2.97.